The Labute approximate surface area is 172 Å². The van der Waals surface area contributed by atoms with Gasteiger partial charge in [0, 0.05) is 22.5 Å². The van der Waals surface area contributed by atoms with E-state index in [0.717, 1.165) is 43.9 Å². The Hall–Kier alpha value is -3.98. The van der Waals surface area contributed by atoms with Crippen molar-refractivity contribution in [3.63, 3.8) is 0 Å². The largest absolute Gasteiger partial charge is 0.455 e. The van der Waals surface area contributed by atoms with Gasteiger partial charge in [0.2, 0.25) is 0 Å². The summed E-state index contributed by atoms with van der Waals surface area (Å²) in [6.07, 6.45) is 1.76. The summed E-state index contributed by atoms with van der Waals surface area (Å²) in [6, 6.07) is 29.1. The zero-order chi connectivity index (χ0) is 20.1. The third-order valence-electron chi connectivity index (χ3n) is 5.60. The minimum atomic E-state index is -0.295. The number of hydrogen-bond donors (Lipinski definition) is 0. The van der Waals surface area contributed by atoms with E-state index in [0.29, 0.717) is 11.1 Å². The van der Waals surface area contributed by atoms with Gasteiger partial charge in [-0.15, -0.1) is 0 Å². The van der Waals surface area contributed by atoms with Crippen molar-refractivity contribution in [1.29, 1.82) is 0 Å². The molecule has 0 saturated heterocycles. The van der Waals surface area contributed by atoms with Gasteiger partial charge in [0.25, 0.3) is 0 Å². The number of rotatable bonds is 2. The van der Waals surface area contributed by atoms with E-state index >= 15 is 4.39 Å². The molecule has 6 rings (SSSR count). The van der Waals surface area contributed by atoms with Gasteiger partial charge in [-0.2, -0.15) is 0 Å². The molecule has 0 radical (unpaired) electrons. The number of furan rings is 1. The van der Waals surface area contributed by atoms with E-state index in [4.69, 9.17) is 4.42 Å². The van der Waals surface area contributed by atoms with Crippen LogP contribution in [0.15, 0.2) is 102 Å². The molecule has 142 valence electrons. The second-order valence-electron chi connectivity index (χ2n) is 7.36. The van der Waals surface area contributed by atoms with Crippen LogP contribution in [0.5, 0.6) is 0 Å². The van der Waals surface area contributed by atoms with Crippen molar-refractivity contribution in [3.05, 3.63) is 103 Å². The Balaban J connectivity index is 1.67. The average Bonchev–Trinajstić information content (AvgIpc) is 3.18. The van der Waals surface area contributed by atoms with Crippen LogP contribution in [-0.4, -0.2) is 4.98 Å². The standard InChI is InChI=1S/C27H16FNO/c28-23-14-13-21-20-8-5-9-22(24-10-3-4-15-29-24)26(20)30-27(21)25(23)19-12-11-17-6-1-2-7-18(17)16-19/h1-16H. The van der Waals surface area contributed by atoms with E-state index in [9.17, 15) is 0 Å². The minimum absolute atomic E-state index is 0.295. The number of pyridine rings is 1. The lowest BCUT2D eigenvalue weighted by Gasteiger charge is -2.06. The van der Waals surface area contributed by atoms with Crippen LogP contribution in [0.3, 0.4) is 0 Å². The molecule has 3 heteroatoms. The summed E-state index contributed by atoms with van der Waals surface area (Å²) in [5.74, 6) is -0.295. The SMILES string of the molecule is Fc1ccc2c(oc3c(-c4ccccn4)cccc32)c1-c1ccc2ccccc2c1. The molecule has 0 bridgehead atoms. The predicted octanol–water partition coefficient (Wildman–Crippen LogP) is 7.61. The molecular weight excluding hydrogens is 373 g/mol. The van der Waals surface area contributed by atoms with Crippen LogP contribution in [0.4, 0.5) is 4.39 Å². The molecule has 0 N–H and O–H groups in total. The van der Waals surface area contributed by atoms with E-state index in [1.807, 2.05) is 72.8 Å². The van der Waals surface area contributed by atoms with E-state index in [1.165, 1.54) is 6.07 Å². The van der Waals surface area contributed by atoms with Gasteiger partial charge in [0.1, 0.15) is 17.0 Å². The lowest BCUT2D eigenvalue weighted by molar-refractivity contribution is 0.622. The monoisotopic (exact) mass is 389 g/mol. The zero-order valence-electron chi connectivity index (χ0n) is 16.0. The molecule has 0 aliphatic carbocycles. The fraction of sp³-hybridized carbons (Fsp3) is 0. The Morgan fingerprint density at radius 2 is 1.50 bits per heavy atom. The molecule has 0 amide bonds. The summed E-state index contributed by atoms with van der Waals surface area (Å²) in [5, 5.41) is 4.04. The molecule has 2 nitrogen and oxygen atoms in total. The van der Waals surface area contributed by atoms with Gasteiger partial charge in [0.15, 0.2) is 0 Å². The molecule has 0 saturated carbocycles. The fourth-order valence-electron chi connectivity index (χ4n) is 4.18. The predicted molar refractivity (Wildman–Crippen MR) is 120 cm³/mol. The molecule has 0 spiro atoms. The lowest BCUT2D eigenvalue weighted by Crippen LogP contribution is -1.86. The molecule has 0 unspecified atom stereocenters. The summed E-state index contributed by atoms with van der Waals surface area (Å²) < 4.78 is 21.4. The van der Waals surface area contributed by atoms with E-state index in [-0.39, 0.29) is 5.82 Å². The fourth-order valence-corrected chi connectivity index (χ4v) is 4.18. The smallest absolute Gasteiger partial charge is 0.146 e. The molecule has 0 fully saturated rings. The number of aromatic nitrogens is 1. The quantitative estimate of drug-likeness (QED) is 0.305. The van der Waals surface area contributed by atoms with Crippen molar-refractivity contribution in [2.24, 2.45) is 0 Å². The molecule has 0 aliphatic heterocycles. The average molecular weight is 389 g/mol. The summed E-state index contributed by atoms with van der Waals surface area (Å²) in [7, 11) is 0. The number of halogens is 1. The normalized spacial score (nSPS) is 11.5. The van der Waals surface area contributed by atoms with Crippen LogP contribution in [-0.2, 0) is 0 Å². The third kappa shape index (κ3) is 2.52. The van der Waals surface area contributed by atoms with Crippen molar-refractivity contribution in [2.75, 3.05) is 0 Å². The van der Waals surface area contributed by atoms with Crippen LogP contribution < -0.4 is 0 Å². The molecule has 2 heterocycles. The van der Waals surface area contributed by atoms with Crippen LogP contribution in [0.25, 0.3) is 55.1 Å². The van der Waals surface area contributed by atoms with Crippen molar-refractivity contribution in [2.45, 2.75) is 0 Å². The van der Waals surface area contributed by atoms with Gasteiger partial charge in [-0.05, 0) is 52.7 Å². The molecular formula is C27H16FNO. The van der Waals surface area contributed by atoms with E-state index < -0.39 is 0 Å². The van der Waals surface area contributed by atoms with Crippen molar-refractivity contribution >= 4 is 32.7 Å². The van der Waals surface area contributed by atoms with E-state index in [1.54, 1.807) is 12.3 Å². The maximum absolute atomic E-state index is 15.1. The highest BCUT2D eigenvalue weighted by Crippen LogP contribution is 2.41. The Bertz CT molecular complexity index is 1550. The lowest BCUT2D eigenvalue weighted by atomic mass is 9.98. The number of nitrogens with zero attached hydrogens (tertiary/aromatic N) is 1. The maximum atomic E-state index is 15.1. The summed E-state index contributed by atoms with van der Waals surface area (Å²) in [5.41, 5.74) is 4.29. The van der Waals surface area contributed by atoms with Crippen LogP contribution in [0, 0.1) is 5.82 Å². The van der Waals surface area contributed by atoms with Gasteiger partial charge in [-0.1, -0.05) is 54.6 Å². The summed E-state index contributed by atoms with van der Waals surface area (Å²) in [4.78, 5) is 4.47. The highest BCUT2D eigenvalue weighted by Gasteiger charge is 2.19. The molecule has 0 atom stereocenters. The molecule has 4 aromatic carbocycles. The first-order valence-corrected chi connectivity index (χ1v) is 9.84. The summed E-state index contributed by atoms with van der Waals surface area (Å²) >= 11 is 0. The van der Waals surface area contributed by atoms with Crippen LogP contribution in [0.1, 0.15) is 0 Å². The van der Waals surface area contributed by atoms with Crippen LogP contribution >= 0.6 is 0 Å². The summed E-state index contributed by atoms with van der Waals surface area (Å²) in [6.45, 7) is 0. The minimum Gasteiger partial charge on any atom is -0.455 e. The molecule has 30 heavy (non-hydrogen) atoms. The second kappa shape index (κ2) is 6.53. The van der Waals surface area contributed by atoms with E-state index in [2.05, 4.69) is 11.1 Å². The van der Waals surface area contributed by atoms with Gasteiger partial charge in [-0.3, -0.25) is 4.98 Å². The van der Waals surface area contributed by atoms with Crippen molar-refractivity contribution in [1.82, 2.24) is 4.98 Å². The molecule has 2 aromatic heterocycles. The Kier molecular flexibility index (Phi) is 3.68. The number of para-hydroxylation sites is 1. The van der Waals surface area contributed by atoms with Gasteiger partial charge >= 0.3 is 0 Å². The number of fused-ring (bicyclic) bond motifs is 4. The number of hydrogen-bond acceptors (Lipinski definition) is 2. The first-order valence-electron chi connectivity index (χ1n) is 9.84. The van der Waals surface area contributed by atoms with Crippen LogP contribution in [0.2, 0.25) is 0 Å². The maximum Gasteiger partial charge on any atom is 0.146 e. The second-order valence-corrected chi connectivity index (χ2v) is 7.36. The zero-order valence-corrected chi connectivity index (χ0v) is 16.0. The molecule has 0 aliphatic rings. The Morgan fingerprint density at radius 1 is 0.667 bits per heavy atom. The topological polar surface area (TPSA) is 26.0 Å². The number of benzene rings is 4. The van der Waals surface area contributed by atoms with Crippen molar-refractivity contribution in [3.8, 4) is 22.4 Å². The third-order valence-corrected chi connectivity index (χ3v) is 5.60. The molecule has 6 aromatic rings. The van der Waals surface area contributed by atoms with Gasteiger partial charge in [0.05, 0.1) is 11.3 Å². The Morgan fingerprint density at radius 3 is 2.37 bits per heavy atom. The highest BCUT2D eigenvalue weighted by molar-refractivity contribution is 6.13. The van der Waals surface area contributed by atoms with Gasteiger partial charge in [-0.25, -0.2) is 4.39 Å². The van der Waals surface area contributed by atoms with Crippen molar-refractivity contribution < 1.29 is 8.81 Å². The highest BCUT2D eigenvalue weighted by atomic mass is 19.1. The first-order chi connectivity index (χ1) is 14.8. The van der Waals surface area contributed by atoms with Gasteiger partial charge < -0.3 is 4.42 Å². The first kappa shape index (κ1) is 16.9.